The van der Waals surface area contributed by atoms with Gasteiger partial charge in [-0.1, -0.05) is 54.6 Å². The van der Waals surface area contributed by atoms with Crippen LogP contribution >= 0.6 is 11.3 Å². The van der Waals surface area contributed by atoms with E-state index in [1.165, 1.54) is 10.8 Å². The van der Waals surface area contributed by atoms with Crippen LogP contribution in [0.15, 0.2) is 83.2 Å². The summed E-state index contributed by atoms with van der Waals surface area (Å²) < 4.78 is 2.16. The van der Waals surface area contributed by atoms with E-state index in [2.05, 4.69) is 57.0 Å². The zero-order valence-electron chi connectivity index (χ0n) is 16.1. The molecule has 0 bridgehead atoms. The molecule has 3 aromatic carbocycles. The van der Waals surface area contributed by atoms with Gasteiger partial charge in [-0.05, 0) is 34.5 Å². The number of rotatable bonds is 5. The molecule has 1 aromatic heterocycles. The number of aromatic nitrogens is 1. The fourth-order valence-electron chi connectivity index (χ4n) is 3.20. The van der Waals surface area contributed by atoms with Crippen molar-refractivity contribution in [1.82, 2.24) is 15.2 Å². The van der Waals surface area contributed by atoms with E-state index in [0.29, 0.717) is 13.1 Å². The van der Waals surface area contributed by atoms with E-state index in [1.54, 1.807) is 18.4 Å². The molecule has 0 fully saturated rings. The zero-order valence-corrected chi connectivity index (χ0v) is 16.9. The first-order valence-corrected chi connectivity index (χ1v) is 10.4. The van der Waals surface area contributed by atoms with Crippen molar-refractivity contribution in [3.63, 3.8) is 0 Å². The van der Waals surface area contributed by atoms with Gasteiger partial charge in [0.15, 0.2) is 4.80 Å². The number of hydrogen-bond acceptors (Lipinski definition) is 3. The summed E-state index contributed by atoms with van der Waals surface area (Å²) in [5.41, 5.74) is 3.14. The molecule has 0 spiro atoms. The Kier molecular flexibility index (Phi) is 5.72. The molecule has 0 unspecified atom stereocenters. The summed E-state index contributed by atoms with van der Waals surface area (Å²) in [5, 5.41) is 10.00. The molecule has 6 heteroatoms. The summed E-state index contributed by atoms with van der Waals surface area (Å²) in [5.74, 6) is 0. The van der Waals surface area contributed by atoms with E-state index in [0.717, 1.165) is 21.7 Å². The van der Waals surface area contributed by atoms with Crippen LogP contribution in [0, 0.1) is 0 Å². The van der Waals surface area contributed by atoms with Crippen LogP contribution in [-0.4, -0.2) is 24.2 Å². The van der Waals surface area contributed by atoms with Crippen molar-refractivity contribution in [3.05, 3.63) is 83.0 Å². The Morgan fingerprint density at radius 1 is 1.00 bits per heavy atom. The van der Waals surface area contributed by atoms with Crippen LogP contribution in [0.3, 0.4) is 0 Å². The number of nitrogens with one attached hydrogen (secondary N) is 2. The fraction of sp³-hybridized carbons (Fsp3) is 0.130. The van der Waals surface area contributed by atoms with Gasteiger partial charge in [0.25, 0.3) is 0 Å². The molecular weight excluding hydrogens is 380 g/mol. The minimum Gasteiger partial charge on any atom is -0.341 e. The van der Waals surface area contributed by atoms with Crippen LogP contribution < -0.4 is 15.4 Å². The zero-order chi connectivity index (χ0) is 20.1. The van der Waals surface area contributed by atoms with Crippen molar-refractivity contribution in [3.8, 4) is 11.3 Å². The number of carbonyl (C=O) groups excluding carboxylic acids is 1. The first-order valence-electron chi connectivity index (χ1n) is 9.47. The molecule has 4 rings (SSSR count). The number of benzene rings is 3. The van der Waals surface area contributed by atoms with Crippen LogP contribution in [0.1, 0.15) is 0 Å². The predicted octanol–water partition coefficient (Wildman–Crippen LogP) is 4.53. The highest BCUT2D eigenvalue weighted by Gasteiger charge is 2.09. The fourth-order valence-corrected chi connectivity index (χ4v) is 4.15. The lowest BCUT2D eigenvalue weighted by Gasteiger charge is -2.11. The summed E-state index contributed by atoms with van der Waals surface area (Å²) in [6.07, 6.45) is 0. The number of hydrogen-bond donors (Lipinski definition) is 2. The second-order valence-corrected chi connectivity index (χ2v) is 7.41. The Bertz CT molecular complexity index is 1190. The highest BCUT2D eigenvalue weighted by atomic mass is 32.1. The highest BCUT2D eigenvalue weighted by Crippen LogP contribution is 2.25. The van der Waals surface area contributed by atoms with Gasteiger partial charge in [0, 0.05) is 25.5 Å². The molecule has 1 heterocycles. The van der Waals surface area contributed by atoms with Crippen LogP contribution in [0.25, 0.3) is 22.0 Å². The summed E-state index contributed by atoms with van der Waals surface area (Å²) in [4.78, 5) is 17.3. The van der Waals surface area contributed by atoms with E-state index >= 15 is 0 Å². The molecule has 0 saturated heterocycles. The highest BCUT2D eigenvalue weighted by molar-refractivity contribution is 7.07. The molecule has 0 saturated carbocycles. The Morgan fingerprint density at radius 3 is 2.55 bits per heavy atom. The van der Waals surface area contributed by atoms with Crippen molar-refractivity contribution in [2.24, 2.45) is 4.99 Å². The van der Waals surface area contributed by atoms with Gasteiger partial charge in [-0.3, -0.25) is 0 Å². The topological polar surface area (TPSA) is 58.4 Å². The van der Waals surface area contributed by atoms with E-state index < -0.39 is 0 Å². The number of fused-ring (bicyclic) bond motifs is 1. The molecule has 29 heavy (non-hydrogen) atoms. The Hall–Kier alpha value is -3.38. The van der Waals surface area contributed by atoms with E-state index in [9.17, 15) is 4.79 Å². The standard InChI is InChI=1S/C23H22N4OS/c1-24-22(28)25-13-14-27-21(16-29-23(27)26-20-9-3-2-4-10-20)19-12-11-17-7-5-6-8-18(17)15-19/h2-12,15-16H,13-14H2,1H3,(H2,24,25,28). The number of amides is 2. The second-order valence-electron chi connectivity index (χ2n) is 6.57. The van der Waals surface area contributed by atoms with Gasteiger partial charge in [0.05, 0.1) is 11.4 Å². The molecular formula is C23H22N4OS. The third-order valence-corrected chi connectivity index (χ3v) is 5.54. The van der Waals surface area contributed by atoms with Gasteiger partial charge in [-0.2, -0.15) is 0 Å². The smallest absolute Gasteiger partial charge is 0.314 e. The summed E-state index contributed by atoms with van der Waals surface area (Å²) >= 11 is 1.60. The molecule has 0 atom stereocenters. The molecule has 2 N–H and O–H groups in total. The maximum Gasteiger partial charge on any atom is 0.314 e. The third kappa shape index (κ3) is 4.38. The van der Waals surface area contributed by atoms with Crippen LogP contribution in [0.4, 0.5) is 10.5 Å². The largest absolute Gasteiger partial charge is 0.341 e. The number of carbonyl (C=O) groups is 1. The van der Waals surface area contributed by atoms with Crippen molar-refractivity contribution in [2.75, 3.05) is 13.6 Å². The average molecular weight is 403 g/mol. The van der Waals surface area contributed by atoms with Crippen molar-refractivity contribution < 1.29 is 4.79 Å². The van der Waals surface area contributed by atoms with E-state index in [1.807, 2.05) is 36.4 Å². The predicted molar refractivity (Wildman–Crippen MR) is 119 cm³/mol. The van der Waals surface area contributed by atoms with E-state index in [4.69, 9.17) is 4.99 Å². The lowest BCUT2D eigenvalue weighted by Crippen LogP contribution is -2.36. The Morgan fingerprint density at radius 2 is 1.76 bits per heavy atom. The first-order chi connectivity index (χ1) is 14.2. The van der Waals surface area contributed by atoms with Gasteiger partial charge in [0.1, 0.15) is 0 Å². The quantitative estimate of drug-likeness (QED) is 0.506. The van der Waals surface area contributed by atoms with Gasteiger partial charge in [-0.15, -0.1) is 11.3 Å². The van der Waals surface area contributed by atoms with Gasteiger partial charge in [-0.25, -0.2) is 9.79 Å². The summed E-state index contributed by atoms with van der Waals surface area (Å²) in [7, 11) is 1.61. The molecule has 0 aliphatic heterocycles. The maximum atomic E-state index is 11.6. The van der Waals surface area contributed by atoms with Gasteiger partial charge < -0.3 is 15.2 Å². The van der Waals surface area contributed by atoms with Crippen LogP contribution in [-0.2, 0) is 6.54 Å². The van der Waals surface area contributed by atoms with Crippen LogP contribution in [0.2, 0.25) is 0 Å². The van der Waals surface area contributed by atoms with E-state index in [-0.39, 0.29) is 6.03 Å². The number of thiazole rings is 1. The lowest BCUT2D eigenvalue weighted by molar-refractivity contribution is 0.242. The summed E-state index contributed by atoms with van der Waals surface area (Å²) in [6.45, 7) is 1.14. The first kappa shape index (κ1) is 19.0. The monoisotopic (exact) mass is 402 g/mol. The molecule has 5 nitrogen and oxygen atoms in total. The molecule has 146 valence electrons. The molecule has 2 amide bonds. The summed E-state index contributed by atoms with van der Waals surface area (Å²) in [6, 6.07) is 24.6. The van der Waals surface area contributed by atoms with Gasteiger partial charge >= 0.3 is 6.03 Å². The van der Waals surface area contributed by atoms with Crippen molar-refractivity contribution in [1.29, 1.82) is 0 Å². The van der Waals surface area contributed by atoms with Crippen molar-refractivity contribution >= 4 is 33.8 Å². The molecule has 4 aromatic rings. The normalized spacial score (nSPS) is 11.6. The van der Waals surface area contributed by atoms with Gasteiger partial charge in [0.2, 0.25) is 0 Å². The number of nitrogens with zero attached hydrogens (tertiary/aromatic N) is 2. The Labute approximate surface area is 173 Å². The Balaban J connectivity index is 1.75. The molecule has 0 aliphatic rings. The molecule has 0 radical (unpaired) electrons. The number of para-hydroxylation sites is 1. The van der Waals surface area contributed by atoms with Crippen molar-refractivity contribution in [2.45, 2.75) is 6.54 Å². The number of urea groups is 1. The maximum absolute atomic E-state index is 11.6. The minimum absolute atomic E-state index is 0.186. The lowest BCUT2D eigenvalue weighted by atomic mass is 10.1. The minimum atomic E-state index is -0.186. The SMILES string of the molecule is CNC(=O)NCCn1c(-c2ccc3ccccc3c2)csc1=Nc1ccccc1. The van der Waals surface area contributed by atoms with Crippen LogP contribution in [0.5, 0.6) is 0 Å². The second kappa shape index (κ2) is 8.75. The third-order valence-electron chi connectivity index (χ3n) is 4.67. The average Bonchev–Trinajstić information content (AvgIpc) is 3.16. The molecule has 0 aliphatic carbocycles.